The molecule has 0 saturated carbocycles. The molecule has 1 aliphatic heterocycles. The summed E-state index contributed by atoms with van der Waals surface area (Å²) < 4.78 is 10.3. The SMILES string of the molecule is CCOC(=O)CN[C@H](Cc1ccc(OC)cc1)C(=O)N1CCC[C@H]1C(=O)NCc1ccc2c(N)nccc2c1. The fourth-order valence-electron chi connectivity index (χ4n) is 4.83. The van der Waals surface area contributed by atoms with Crippen molar-refractivity contribution in [3.05, 3.63) is 65.9 Å². The number of carbonyl (C=O) groups is 3. The average Bonchev–Trinajstić information content (AvgIpc) is 3.44. The second kappa shape index (κ2) is 13.1. The highest BCUT2D eigenvalue weighted by molar-refractivity contribution is 5.92. The van der Waals surface area contributed by atoms with Crippen LogP contribution in [0, 0.1) is 0 Å². The molecule has 1 saturated heterocycles. The van der Waals surface area contributed by atoms with E-state index in [2.05, 4.69) is 15.6 Å². The monoisotopic (exact) mass is 533 g/mol. The molecule has 0 radical (unpaired) electrons. The number of pyridine rings is 1. The number of benzene rings is 2. The first-order chi connectivity index (χ1) is 18.9. The van der Waals surface area contributed by atoms with Crippen molar-refractivity contribution >= 4 is 34.4 Å². The van der Waals surface area contributed by atoms with Crippen LogP contribution in [0.3, 0.4) is 0 Å². The highest BCUT2D eigenvalue weighted by Gasteiger charge is 2.37. The summed E-state index contributed by atoms with van der Waals surface area (Å²) in [4.78, 5) is 44.7. The van der Waals surface area contributed by atoms with E-state index < -0.39 is 18.1 Å². The van der Waals surface area contributed by atoms with Crippen LogP contribution in [0.15, 0.2) is 54.7 Å². The highest BCUT2D eigenvalue weighted by atomic mass is 16.5. The van der Waals surface area contributed by atoms with E-state index in [1.807, 2.05) is 48.5 Å². The topological polar surface area (TPSA) is 136 Å². The maximum absolute atomic E-state index is 13.7. The molecule has 0 spiro atoms. The predicted octanol–water partition coefficient (Wildman–Crippen LogP) is 2.20. The lowest BCUT2D eigenvalue weighted by atomic mass is 10.0. The van der Waals surface area contributed by atoms with Gasteiger partial charge in [0.25, 0.3) is 0 Å². The van der Waals surface area contributed by atoms with Crippen molar-refractivity contribution in [2.24, 2.45) is 0 Å². The Balaban J connectivity index is 1.43. The van der Waals surface area contributed by atoms with Crippen LogP contribution in [-0.4, -0.2) is 66.6 Å². The van der Waals surface area contributed by atoms with E-state index in [-0.39, 0.29) is 25.0 Å². The van der Waals surface area contributed by atoms with E-state index in [1.54, 1.807) is 25.1 Å². The minimum atomic E-state index is -0.698. The summed E-state index contributed by atoms with van der Waals surface area (Å²) >= 11 is 0. The van der Waals surface area contributed by atoms with Crippen molar-refractivity contribution in [1.29, 1.82) is 0 Å². The highest BCUT2D eigenvalue weighted by Crippen LogP contribution is 2.22. The first-order valence-electron chi connectivity index (χ1n) is 13.1. The molecule has 3 aromatic rings. The van der Waals surface area contributed by atoms with Gasteiger partial charge in [-0.2, -0.15) is 0 Å². The zero-order chi connectivity index (χ0) is 27.8. The van der Waals surface area contributed by atoms with Gasteiger partial charge >= 0.3 is 5.97 Å². The lowest BCUT2D eigenvalue weighted by Gasteiger charge is -2.29. The minimum Gasteiger partial charge on any atom is -0.497 e. The molecular weight excluding hydrogens is 498 g/mol. The number of nitrogens with two attached hydrogens (primary N) is 1. The molecule has 0 aliphatic carbocycles. The van der Waals surface area contributed by atoms with Gasteiger partial charge in [-0.05, 0) is 67.0 Å². The second-order valence-corrected chi connectivity index (χ2v) is 9.45. The molecule has 0 unspecified atom stereocenters. The summed E-state index contributed by atoms with van der Waals surface area (Å²) in [5, 5.41) is 7.84. The summed E-state index contributed by atoms with van der Waals surface area (Å²) in [7, 11) is 1.59. The number of carbonyl (C=O) groups excluding carboxylic acids is 3. The molecule has 10 heteroatoms. The molecule has 206 valence electrons. The van der Waals surface area contributed by atoms with E-state index >= 15 is 0 Å². The molecule has 0 bridgehead atoms. The number of anilines is 1. The molecule has 1 fully saturated rings. The quantitative estimate of drug-likeness (QED) is 0.319. The number of aromatic nitrogens is 1. The normalized spacial score (nSPS) is 15.6. The first kappa shape index (κ1) is 27.8. The first-order valence-corrected chi connectivity index (χ1v) is 13.1. The van der Waals surface area contributed by atoms with Gasteiger partial charge in [0.2, 0.25) is 11.8 Å². The van der Waals surface area contributed by atoms with Gasteiger partial charge in [0.15, 0.2) is 0 Å². The molecule has 39 heavy (non-hydrogen) atoms. The summed E-state index contributed by atoms with van der Waals surface area (Å²) in [5.41, 5.74) is 7.76. The van der Waals surface area contributed by atoms with Gasteiger partial charge < -0.3 is 25.4 Å². The second-order valence-electron chi connectivity index (χ2n) is 9.45. The lowest BCUT2D eigenvalue weighted by Crippen LogP contribution is -2.53. The smallest absolute Gasteiger partial charge is 0.319 e. The van der Waals surface area contributed by atoms with Gasteiger partial charge in [-0.25, -0.2) is 4.98 Å². The van der Waals surface area contributed by atoms with Gasteiger partial charge in [0.1, 0.15) is 17.6 Å². The van der Waals surface area contributed by atoms with Gasteiger partial charge in [-0.3, -0.25) is 19.7 Å². The number of hydrogen-bond donors (Lipinski definition) is 3. The van der Waals surface area contributed by atoms with E-state index in [0.29, 0.717) is 37.5 Å². The van der Waals surface area contributed by atoms with Crippen molar-refractivity contribution in [2.75, 3.05) is 32.5 Å². The number of nitrogens with zero attached hydrogens (tertiary/aromatic N) is 2. The van der Waals surface area contributed by atoms with Crippen LogP contribution >= 0.6 is 0 Å². The fourth-order valence-corrected chi connectivity index (χ4v) is 4.83. The Morgan fingerprint density at radius 1 is 1.13 bits per heavy atom. The number of fused-ring (bicyclic) bond motifs is 1. The van der Waals surface area contributed by atoms with Crippen LogP contribution in [0.5, 0.6) is 5.75 Å². The fraction of sp³-hybridized carbons (Fsp3) is 0.379. The van der Waals surface area contributed by atoms with Crippen molar-refractivity contribution in [3.63, 3.8) is 0 Å². The molecule has 1 aliphatic rings. The molecule has 4 rings (SSSR count). The van der Waals surface area contributed by atoms with E-state index in [9.17, 15) is 14.4 Å². The minimum absolute atomic E-state index is 0.104. The Labute approximate surface area is 227 Å². The maximum atomic E-state index is 13.7. The maximum Gasteiger partial charge on any atom is 0.319 e. The molecule has 2 heterocycles. The molecule has 1 aromatic heterocycles. The van der Waals surface area contributed by atoms with Gasteiger partial charge in [-0.15, -0.1) is 0 Å². The molecular formula is C29H35N5O5. The average molecular weight is 534 g/mol. The molecule has 2 aromatic carbocycles. The summed E-state index contributed by atoms with van der Waals surface area (Å²) in [6, 6.07) is 13.8. The Kier molecular flexibility index (Phi) is 9.32. The summed E-state index contributed by atoms with van der Waals surface area (Å²) in [6.07, 6.45) is 3.30. The zero-order valence-corrected chi connectivity index (χ0v) is 22.3. The number of rotatable bonds is 11. The van der Waals surface area contributed by atoms with Crippen LogP contribution in [0.4, 0.5) is 5.82 Å². The lowest BCUT2D eigenvalue weighted by molar-refractivity contribution is -0.143. The number of amides is 2. The Bertz CT molecular complexity index is 1310. The number of hydrogen-bond acceptors (Lipinski definition) is 8. The third kappa shape index (κ3) is 7.02. The number of esters is 1. The Morgan fingerprint density at radius 3 is 2.64 bits per heavy atom. The van der Waals surface area contributed by atoms with Gasteiger partial charge in [0.05, 0.1) is 26.3 Å². The molecule has 2 atom stereocenters. The largest absolute Gasteiger partial charge is 0.497 e. The van der Waals surface area contributed by atoms with Crippen molar-refractivity contribution in [1.82, 2.24) is 20.5 Å². The van der Waals surface area contributed by atoms with Gasteiger partial charge in [-0.1, -0.05) is 24.3 Å². The van der Waals surface area contributed by atoms with Crippen molar-refractivity contribution < 1.29 is 23.9 Å². The van der Waals surface area contributed by atoms with Crippen molar-refractivity contribution in [3.8, 4) is 5.75 Å². The number of ether oxygens (including phenoxy) is 2. The van der Waals surface area contributed by atoms with Crippen LogP contribution in [0.1, 0.15) is 30.9 Å². The predicted molar refractivity (Wildman–Crippen MR) is 148 cm³/mol. The summed E-state index contributed by atoms with van der Waals surface area (Å²) in [6.45, 7) is 2.68. The van der Waals surface area contributed by atoms with Crippen LogP contribution < -0.4 is 21.1 Å². The Morgan fingerprint density at radius 2 is 1.90 bits per heavy atom. The molecule has 10 nitrogen and oxygen atoms in total. The number of nitrogen functional groups attached to an aromatic ring is 1. The zero-order valence-electron chi connectivity index (χ0n) is 22.3. The third-order valence-electron chi connectivity index (χ3n) is 6.86. The van der Waals surface area contributed by atoms with Crippen LogP contribution in [-0.2, 0) is 32.1 Å². The van der Waals surface area contributed by atoms with Crippen LogP contribution in [0.2, 0.25) is 0 Å². The number of likely N-dealkylation sites (tertiary alicyclic amines) is 1. The third-order valence-corrected chi connectivity index (χ3v) is 6.86. The van der Waals surface area contributed by atoms with E-state index in [0.717, 1.165) is 28.3 Å². The van der Waals surface area contributed by atoms with E-state index in [4.69, 9.17) is 15.2 Å². The molecule has 4 N–H and O–H groups in total. The number of methoxy groups -OCH3 is 1. The Hall–Kier alpha value is -4.18. The van der Waals surface area contributed by atoms with Crippen molar-refractivity contribution in [2.45, 2.75) is 44.8 Å². The molecule has 2 amide bonds. The summed E-state index contributed by atoms with van der Waals surface area (Å²) in [5.74, 6) is 0.312. The van der Waals surface area contributed by atoms with Crippen LogP contribution in [0.25, 0.3) is 10.8 Å². The van der Waals surface area contributed by atoms with Gasteiger partial charge in [0, 0.05) is 24.7 Å². The number of nitrogens with one attached hydrogen (secondary N) is 2. The standard InChI is InChI=1S/C29H35N5O5/c1-3-39-26(35)18-32-24(16-19-6-9-22(38-2)10-7-19)29(37)34-14-4-5-25(34)28(36)33-17-20-8-11-23-21(15-20)12-13-31-27(23)30/h6-13,15,24-25,32H,3-5,14,16-18H2,1-2H3,(H2,30,31)(H,33,36)/t24-,25+/m1/s1. The van der Waals surface area contributed by atoms with E-state index in [1.165, 1.54) is 0 Å².